The van der Waals surface area contributed by atoms with E-state index in [4.69, 9.17) is 0 Å². The van der Waals surface area contributed by atoms with E-state index in [0.717, 1.165) is 24.9 Å². The molecule has 8 heteroatoms. The zero-order valence-electron chi connectivity index (χ0n) is 22.7. The Morgan fingerprint density at radius 3 is 2.11 bits per heavy atom. The van der Waals surface area contributed by atoms with Crippen molar-refractivity contribution in [3.8, 4) is 0 Å². The Kier molecular flexibility index (Phi) is 9.98. The van der Waals surface area contributed by atoms with Crippen LogP contribution in [0.3, 0.4) is 0 Å². The summed E-state index contributed by atoms with van der Waals surface area (Å²) >= 11 is 0. The van der Waals surface area contributed by atoms with Crippen molar-refractivity contribution in [3.05, 3.63) is 30.3 Å². The Labute approximate surface area is 211 Å². The summed E-state index contributed by atoms with van der Waals surface area (Å²) in [6, 6.07) is 9.08. The number of benzene rings is 1. The normalized spacial score (nSPS) is 21.1. The maximum atomic E-state index is 12.7. The molecule has 2 atom stereocenters. The maximum absolute atomic E-state index is 12.7. The number of hydrogen-bond donors (Lipinski definition) is 2. The van der Waals surface area contributed by atoms with Crippen molar-refractivity contribution < 1.29 is 14.4 Å². The Hall–Kier alpha value is -2.77. The van der Waals surface area contributed by atoms with Crippen LogP contribution < -0.4 is 10.6 Å². The van der Waals surface area contributed by atoms with E-state index < -0.39 is 0 Å². The Morgan fingerprint density at radius 1 is 0.914 bits per heavy atom. The van der Waals surface area contributed by atoms with E-state index in [-0.39, 0.29) is 28.8 Å². The molecule has 35 heavy (non-hydrogen) atoms. The molecular formula is C27H45N5O3. The van der Waals surface area contributed by atoms with Gasteiger partial charge in [0.25, 0.3) is 0 Å². The largest absolute Gasteiger partial charge is 0.349 e. The first-order chi connectivity index (χ1) is 16.3. The number of anilines is 1. The Bertz CT molecular complexity index is 858. The van der Waals surface area contributed by atoms with Gasteiger partial charge in [0.2, 0.25) is 5.91 Å². The van der Waals surface area contributed by atoms with Crippen LogP contribution in [0.2, 0.25) is 0 Å². The molecule has 0 aliphatic heterocycles. The van der Waals surface area contributed by atoms with Crippen LogP contribution in [-0.2, 0) is 4.79 Å². The van der Waals surface area contributed by atoms with Gasteiger partial charge in [-0.25, -0.2) is 9.59 Å². The van der Waals surface area contributed by atoms with Crippen molar-refractivity contribution in [2.45, 2.75) is 52.9 Å². The molecule has 1 fully saturated rings. The van der Waals surface area contributed by atoms with Gasteiger partial charge in [0, 0.05) is 59.9 Å². The van der Waals surface area contributed by atoms with Crippen LogP contribution in [0.1, 0.15) is 52.9 Å². The van der Waals surface area contributed by atoms with Gasteiger partial charge >= 0.3 is 12.1 Å². The van der Waals surface area contributed by atoms with Crippen molar-refractivity contribution >= 4 is 23.7 Å². The first-order valence-corrected chi connectivity index (χ1v) is 12.6. The highest BCUT2D eigenvalue weighted by molar-refractivity contribution is 5.89. The quantitative estimate of drug-likeness (QED) is 0.538. The fraction of sp³-hybridized carbons (Fsp3) is 0.667. The summed E-state index contributed by atoms with van der Waals surface area (Å²) in [7, 11) is 7.14. The van der Waals surface area contributed by atoms with Crippen LogP contribution in [0.25, 0.3) is 0 Å². The van der Waals surface area contributed by atoms with Crippen molar-refractivity contribution in [3.63, 3.8) is 0 Å². The predicted molar refractivity (Wildman–Crippen MR) is 141 cm³/mol. The van der Waals surface area contributed by atoms with Gasteiger partial charge in [0.05, 0.1) is 0 Å². The SMILES string of the molecule is CN(C)C(=O)CC1CC(C)(C)CC(C)(CNC(=O)N(C)CCCN(C)C(=O)Nc2ccccc2)C1. The second-order valence-corrected chi connectivity index (χ2v) is 11.6. The molecule has 8 nitrogen and oxygen atoms in total. The molecule has 0 heterocycles. The van der Waals surface area contributed by atoms with Crippen LogP contribution in [0.15, 0.2) is 30.3 Å². The number of nitrogens with one attached hydrogen (secondary N) is 2. The smallest absolute Gasteiger partial charge is 0.321 e. The number of nitrogens with zero attached hydrogens (tertiary/aromatic N) is 3. The van der Waals surface area contributed by atoms with Crippen LogP contribution >= 0.6 is 0 Å². The highest BCUT2D eigenvalue weighted by atomic mass is 16.2. The minimum absolute atomic E-state index is 0.0503. The summed E-state index contributed by atoms with van der Waals surface area (Å²) in [4.78, 5) is 42.3. The van der Waals surface area contributed by atoms with Crippen molar-refractivity contribution in [2.75, 3.05) is 53.1 Å². The molecule has 1 aromatic rings. The minimum Gasteiger partial charge on any atom is -0.349 e. The van der Waals surface area contributed by atoms with Gasteiger partial charge in [-0.05, 0) is 54.6 Å². The molecule has 196 valence electrons. The number of carbonyl (C=O) groups is 3. The lowest BCUT2D eigenvalue weighted by Crippen LogP contribution is -2.47. The molecule has 0 saturated heterocycles. The van der Waals surface area contributed by atoms with Gasteiger partial charge in [-0.1, -0.05) is 39.0 Å². The van der Waals surface area contributed by atoms with E-state index in [9.17, 15) is 14.4 Å². The molecule has 0 radical (unpaired) electrons. The zero-order chi connectivity index (χ0) is 26.2. The van der Waals surface area contributed by atoms with E-state index in [0.29, 0.717) is 38.4 Å². The van der Waals surface area contributed by atoms with E-state index >= 15 is 0 Å². The molecule has 5 amide bonds. The van der Waals surface area contributed by atoms with Crippen LogP contribution in [-0.4, -0.2) is 80.5 Å². The lowest BCUT2D eigenvalue weighted by Gasteiger charge is -2.47. The minimum atomic E-state index is -0.168. The molecule has 2 N–H and O–H groups in total. The van der Waals surface area contributed by atoms with Gasteiger partial charge in [0.1, 0.15) is 0 Å². The summed E-state index contributed by atoms with van der Waals surface area (Å²) in [6.45, 7) is 8.43. The van der Waals surface area contributed by atoms with Gasteiger partial charge in [-0.15, -0.1) is 0 Å². The third-order valence-electron chi connectivity index (χ3n) is 6.86. The van der Waals surface area contributed by atoms with Crippen LogP contribution in [0.5, 0.6) is 0 Å². The molecule has 0 spiro atoms. The van der Waals surface area contributed by atoms with Gasteiger partial charge in [-0.2, -0.15) is 0 Å². The standard InChI is InChI=1S/C27H45N5O3/c1-26(2)17-21(16-23(33)30(4)5)18-27(3,19-26)20-28-24(34)31(6)14-11-15-32(7)25(35)29-22-12-9-8-10-13-22/h8-10,12-13,21H,11,14-20H2,1-7H3,(H,28,34)(H,29,35). The molecule has 0 aromatic heterocycles. The number of hydrogen-bond acceptors (Lipinski definition) is 3. The molecule has 2 unspecified atom stereocenters. The monoisotopic (exact) mass is 487 g/mol. The summed E-state index contributed by atoms with van der Waals surface area (Å²) in [5.41, 5.74) is 0.838. The van der Waals surface area contributed by atoms with Gasteiger partial charge < -0.3 is 25.3 Å². The highest BCUT2D eigenvalue weighted by Crippen LogP contribution is 2.49. The molecular weight excluding hydrogens is 442 g/mol. The van der Waals surface area contributed by atoms with E-state index in [1.54, 1.807) is 42.9 Å². The molecule has 2 rings (SSSR count). The summed E-state index contributed by atoms with van der Waals surface area (Å²) in [6.07, 6.45) is 4.22. The van der Waals surface area contributed by atoms with E-state index in [1.165, 1.54) is 0 Å². The lowest BCUT2D eigenvalue weighted by atomic mass is 9.60. The average molecular weight is 488 g/mol. The Balaban J connectivity index is 1.78. The number of para-hydroxylation sites is 1. The number of carbonyl (C=O) groups excluding carboxylic acids is 3. The van der Waals surface area contributed by atoms with Gasteiger partial charge in [0.15, 0.2) is 0 Å². The van der Waals surface area contributed by atoms with E-state index in [2.05, 4.69) is 31.4 Å². The topological polar surface area (TPSA) is 85.0 Å². The summed E-state index contributed by atoms with van der Waals surface area (Å²) in [5.74, 6) is 0.493. The summed E-state index contributed by atoms with van der Waals surface area (Å²) < 4.78 is 0. The third kappa shape index (κ3) is 9.42. The lowest BCUT2D eigenvalue weighted by molar-refractivity contribution is -0.130. The average Bonchev–Trinajstić information content (AvgIpc) is 2.76. The number of rotatable bonds is 9. The van der Waals surface area contributed by atoms with Crippen molar-refractivity contribution in [1.29, 1.82) is 0 Å². The second-order valence-electron chi connectivity index (χ2n) is 11.6. The number of amides is 5. The van der Waals surface area contributed by atoms with E-state index in [1.807, 2.05) is 30.3 Å². The predicted octanol–water partition coefficient (Wildman–Crippen LogP) is 4.49. The van der Waals surface area contributed by atoms with Gasteiger partial charge in [-0.3, -0.25) is 4.79 Å². The second kappa shape index (κ2) is 12.3. The molecule has 1 aliphatic rings. The zero-order valence-corrected chi connectivity index (χ0v) is 22.7. The molecule has 0 bridgehead atoms. The first kappa shape index (κ1) is 28.5. The Morgan fingerprint density at radius 2 is 1.51 bits per heavy atom. The highest BCUT2D eigenvalue weighted by Gasteiger charge is 2.42. The third-order valence-corrected chi connectivity index (χ3v) is 6.86. The number of urea groups is 2. The van der Waals surface area contributed by atoms with Crippen molar-refractivity contribution in [2.24, 2.45) is 16.7 Å². The molecule has 1 aliphatic carbocycles. The summed E-state index contributed by atoms with van der Waals surface area (Å²) in [5, 5.41) is 5.98. The van der Waals surface area contributed by atoms with Crippen LogP contribution in [0, 0.1) is 16.7 Å². The first-order valence-electron chi connectivity index (χ1n) is 12.6. The molecule has 1 saturated carbocycles. The fourth-order valence-corrected chi connectivity index (χ4v) is 5.47. The fourth-order valence-electron chi connectivity index (χ4n) is 5.47. The van der Waals surface area contributed by atoms with Crippen molar-refractivity contribution in [1.82, 2.24) is 20.0 Å². The molecule has 1 aromatic carbocycles. The van der Waals surface area contributed by atoms with Crippen LogP contribution in [0.4, 0.5) is 15.3 Å². The maximum Gasteiger partial charge on any atom is 0.321 e.